The van der Waals surface area contributed by atoms with Crippen LogP contribution < -0.4 is 4.90 Å². The standard InChI is InChI=1S/C13H11FN4/c1-18(13-16-7-12(14)8-17-13)9-11-4-2-3-10(5-11)6-15/h2-5,7-8H,9H2,1H3. The number of hydrogen-bond acceptors (Lipinski definition) is 4. The second-order valence-corrected chi connectivity index (χ2v) is 3.87. The smallest absolute Gasteiger partial charge is 0.225 e. The van der Waals surface area contributed by atoms with E-state index >= 15 is 0 Å². The maximum atomic E-state index is 12.7. The molecule has 4 nitrogen and oxygen atoms in total. The van der Waals surface area contributed by atoms with Crippen LogP contribution in [0.4, 0.5) is 10.3 Å². The fourth-order valence-corrected chi connectivity index (χ4v) is 1.59. The van der Waals surface area contributed by atoms with Crippen LogP contribution in [0.25, 0.3) is 0 Å². The zero-order valence-corrected chi connectivity index (χ0v) is 9.84. The number of nitriles is 1. The van der Waals surface area contributed by atoms with Crippen LogP contribution in [-0.4, -0.2) is 17.0 Å². The van der Waals surface area contributed by atoms with Crippen molar-refractivity contribution in [2.45, 2.75) is 6.54 Å². The second-order valence-electron chi connectivity index (χ2n) is 3.87. The van der Waals surface area contributed by atoms with Gasteiger partial charge in [-0.3, -0.25) is 0 Å². The molecule has 0 saturated carbocycles. The number of benzene rings is 1. The molecule has 1 aromatic carbocycles. The van der Waals surface area contributed by atoms with Crippen LogP contribution in [0.5, 0.6) is 0 Å². The molecule has 0 aliphatic rings. The average molecular weight is 242 g/mol. The maximum absolute atomic E-state index is 12.7. The van der Waals surface area contributed by atoms with Crippen molar-refractivity contribution in [2.24, 2.45) is 0 Å². The van der Waals surface area contributed by atoms with Crippen molar-refractivity contribution in [3.63, 3.8) is 0 Å². The molecule has 0 radical (unpaired) electrons. The van der Waals surface area contributed by atoms with Gasteiger partial charge in [-0.2, -0.15) is 5.26 Å². The molecule has 0 amide bonds. The summed E-state index contributed by atoms with van der Waals surface area (Å²) in [6, 6.07) is 9.39. The van der Waals surface area contributed by atoms with E-state index in [1.165, 1.54) is 0 Å². The number of aromatic nitrogens is 2. The SMILES string of the molecule is CN(Cc1cccc(C#N)c1)c1ncc(F)cn1. The van der Waals surface area contributed by atoms with Gasteiger partial charge in [0.15, 0.2) is 5.82 Å². The average Bonchev–Trinajstić information content (AvgIpc) is 2.39. The van der Waals surface area contributed by atoms with Gasteiger partial charge in [0.1, 0.15) is 0 Å². The maximum Gasteiger partial charge on any atom is 0.225 e. The molecule has 2 rings (SSSR count). The number of hydrogen-bond donors (Lipinski definition) is 0. The Labute approximate surface area is 104 Å². The molecule has 5 heteroatoms. The molecule has 90 valence electrons. The fraction of sp³-hybridized carbons (Fsp3) is 0.154. The summed E-state index contributed by atoms with van der Waals surface area (Å²) in [5.74, 6) is -0.0163. The van der Waals surface area contributed by atoms with Crippen LogP contribution in [0.15, 0.2) is 36.7 Å². The molecule has 0 aliphatic heterocycles. The van der Waals surface area contributed by atoms with Gasteiger partial charge >= 0.3 is 0 Å². The van der Waals surface area contributed by atoms with Gasteiger partial charge in [0, 0.05) is 13.6 Å². The van der Waals surface area contributed by atoms with E-state index in [-0.39, 0.29) is 0 Å². The lowest BCUT2D eigenvalue weighted by Crippen LogP contribution is -2.19. The molecule has 0 unspecified atom stereocenters. The number of rotatable bonds is 3. The zero-order chi connectivity index (χ0) is 13.0. The summed E-state index contributed by atoms with van der Waals surface area (Å²) in [5.41, 5.74) is 1.59. The van der Waals surface area contributed by atoms with Crippen molar-refractivity contribution in [1.82, 2.24) is 9.97 Å². The van der Waals surface area contributed by atoms with Crippen LogP contribution in [0.3, 0.4) is 0 Å². The molecular formula is C13H11FN4. The fourth-order valence-electron chi connectivity index (χ4n) is 1.59. The highest BCUT2D eigenvalue weighted by Gasteiger charge is 2.05. The molecule has 0 fully saturated rings. The van der Waals surface area contributed by atoms with Gasteiger partial charge in [-0.25, -0.2) is 14.4 Å². The highest BCUT2D eigenvalue weighted by Crippen LogP contribution is 2.11. The van der Waals surface area contributed by atoms with Crippen molar-refractivity contribution >= 4 is 5.95 Å². The Kier molecular flexibility index (Phi) is 3.49. The molecule has 18 heavy (non-hydrogen) atoms. The summed E-state index contributed by atoms with van der Waals surface area (Å²) in [4.78, 5) is 9.57. The predicted octanol–water partition coefficient (Wildman–Crippen LogP) is 2.12. The van der Waals surface area contributed by atoms with E-state index in [1.54, 1.807) is 17.0 Å². The lowest BCUT2D eigenvalue weighted by Gasteiger charge is -2.16. The summed E-state index contributed by atoms with van der Waals surface area (Å²) >= 11 is 0. The number of nitrogens with zero attached hydrogens (tertiary/aromatic N) is 4. The molecule has 0 aliphatic carbocycles. The van der Waals surface area contributed by atoms with E-state index in [1.807, 2.05) is 19.2 Å². The summed E-state index contributed by atoms with van der Waals surface area (Å²) in [6.07, 6.45) is 2.26. The molecule has 0 N–H and O–H groups in total. The van der Waals surface area contributed by atoms with E-state index in [2.05, 4.69) is 16.0 Å². The van der Waals surface area contributed by atoms with Crippen LogP contribution in [0.1, 0.15) is 11.1 Å². The van der Waals surface area contributed by atoms with Crippen molar-refractivity contribution in [2.75, 3.05) is 11.9 Å². The Balaban J connectivity index is 2.13. The zero-order valence-electron chi connectivity index (χ0n) is 9.84. The van der Waals surface area contributed by atoms with Crippen molar-refractivity contribution in [3.8, 4) is 6.07 Å². The lowest BCUT2D eigenvalue weighted by atomic mass is 10.1. The summed E-state index contributed by atoms with van der Waals surface area (Å²) < 4.78 is 12.7. The quantitative estimate of drug-likeness (QED) is 0.827. The third-order valence-electron chi connectivity index (χ3n) is 2.42. The third-order valence-corrected chi connectivity index (χ3v) is 2.42. The molecule has 2 aromatic rings. The molecule has 1 heterocycles. The first-order valence-electron chi connectivity index (χ1n) is 5.37. The summed E-state index contributed by atoms with van der Waals surface area (Å²) in [7, 11) is 1.81. The van der Waals surface area contributed by atoms with Gasteiger partial charge in [0.2, 0.25) is 5.95 Å². The molecule has 0 bridgehead atoms. The minimum absolute atomic E-state index is 0.443. The van der Waals surface area contributed by atoms with E-state index < -0.39 is 5.82 Å². The van der Waals surface area contributed by atoms with E-state index in [4.69, 9.17) is 5.26 Å². The Morgan fingerprint density at radius 2 is 2.06 bits per heavy atom. The topological polar surface area (TPSA) is 52.8 Å². The number of anilines is 1. The van der Waals surface area contributed by atoms with Crippen LogP contribution in [0.2, 0.25) is 0 Å². The lowest BCUT2D eigenvalue weighted by molar-refractivity contribution is 0.612. The van der Waals surface area contributed by atoms with E-state index in [9.17, 15) is 4.39 Å². The van der Waals surface area contributed by atoms with Gasteiger partial charge < -0.3 is 4.90 Å². The van der Waals surface area contributed by atoms with Crippen LogP contribution in [-0.2, 0) is 6.54 Å². The molecular weight excluding hydrogens is 231 g/mol. The van der Waals surface area contributed by atoms with Gasteiger partial charge in [-0.1, -0.05) is 12.1 Å². The first-order valence-corrected chi connectivity index (χ1v) is 5.37. The van der Waals surface area contributed by atoms with Crippen molar-refractivity contribution in [1.29, 1.82) is 5.26 Å². The second kappa shape index (κ2) is 5.23. The molecule has 0 saturated heterocycles. The van der Waals surface area contributed by atoms with Crippen LogP contribution in [0, 0.1) is 17.1 Å². The van der Waals surface area contributed by atoms with Crippen molar-refractivity contribution < 1.29 is 4.39 Å². The molecule has 1 aromatic heterocycles. The predicted molar refractivity (Wildman–Crippen MR) is 65.3 cm³/mol. The Bertz CT molecular complexity index is 574. The van der Waals surface area contributed by atoms with Crippen molar-refractivity contribution in [3.05, 3.63) is 53.6 Å². The molecule has 0 spiro atoms. The first kappa shape index (κ1) is 12.0. The number of halogens is 1. The summed E-state index contributed by atoms with van der Waals surface area (Å²) in [6.45, 7) is 0.557. The van der Waals surface area contributed by atoms with E-state index in [0.29, 0.717) is 18.1 Å². The summed E-state index contributed by atoms with van der Waals surface area (Å²) in [5, 5.41) is 8.81. The first-order chi connectivity index (χ1) is 8.69. The van der Waals surface area contributed by atoms with Gasteiger partial charge in [-0.05, 0) is 17.7 Å². The third kappa shape index (κ3) is 2.80. The Morgan fingerprint density at radius 3 is 2.72 bits per heavy atom. The molecule has 0 atom stereocenters. The van der Waals surface area contributed by atoms with Crippen LogP contribution >= 0.6 is 0 Å². The highest BCUT2D eigenvalue weighted by molar-refractivity contribution is 5.36. The van der Waals surface area contributed by atoms with Gasteiger partial charge in [0.05, 0.1) is 24.0 Å². The van der Waals surface area contributed by atoms with Gasteiger partial charge in [-0.15, -0.1) is 0 Å². The monoisotopic (exact) mass is 242 g/mol. The van der Waals surface area contributed by atoms with E-state index in [0.717, 1.165) is 18.0 Å². The normalized spacial score (nSPS) is 9.83. The van der Waals surface area contributed by atoms with Gasteiger partial charge in [0.25, 0.3) is 0 Å². The minimum atomic E-state index is -0.460. The largest absolute Gasteiger partial charge is 0.340 e. The Morgan fingerprint density at radius 1 is 1.33 bits per heavy atom. The minimum Gasteiger partial charge on any atom is -0.340 e. The Hall–Kier alpha value is -2.48. The highest BCUT2D eigenvalue weighted by atomic mass is 19.1.